The number of esters is 1. The Labute approximate surface area is 176 Å². The molecule has 1 heterocycles. The summed E-state index contributed by atoms with van der Waals surface area (Å²) >= 11 is 0. The predicted molar refractivity (Wildman–Crippen MR) is 113 cm³/mol. The molecular weight excluding hydrogens is 407 g/mol. The van der Waals surface area contributed by atoms with Crippen molar-refractivity contribution in [3.8, 4) is 0 Å². The van der Waals surface area contributed by atoms with Crippen LogP contribution >= 0.6 is 0 Å². The molecule has 0 fully saturated rings. The van der Waals surface area contributed by atoms with E-state index in [1.54, 1.807) is 6.07 Å². The average Bonchev–Trinajstić information content (AvgIpc) is 2.74. The van der Waals surface area contributed by atoms with Gasteiger partial charge in [-0.2, -0.15) is 0 Å². The van der Waals surface area contributed by atoms with E-state index in [-0.39, 0.29) is 18.4 Å². The molecule has 9 heteroatoms. The molecule has 2 N–H and O–H groups in total. The van der Waals surface area contributed by atoms with Gasteiger partial charge in [0, 0.05) is 5.39 Å². The Hall–Kier alpha value is -2.91. The van der Waals surface area contributed by atoms with Crippen molar-refractivity contribution < 1.29 is 18.1 Å². The molecule has 3 aromatic rings. The Bertz CT molecular complexity index is 1080. The van der Waals surface area contributed by atoms with Crippen LogP contribution in [0.25, 0.3) is 10.9 Å². The van der Waals surface area contributed by atoms with Crippen LogP contribution in [0.2, 0.25) is 0 Å². The fourth-order valence-corrected chi connectivity index (χ4v) is 3.73. The Morgan fingerprint density at radius 2 is 1.93 bits per heavy atom. The van der Waals surface area contributed by atoms with E-state index in [0.717, 1.165) is 5.39 Å². The summed E-state index contributed by atoms with van der Waals surface area (Å²) < 4.78 is 33.5. The summed E-state index contributed by atoms with van der Waals surface area (Å²) in [7, 11) is -0.284. The van der Waals surface area contributed by atoms with Crippen molar-refractivity contribution in [1.29, 1.82) is 0 Å². The first-order valence-corrected chi connectivity index (χ1v) is 10.5. The van der Waals surface area contributed by atoms with Gasteiger partial charge in [0.2, 0.25) is 0 Å². The number of anilines is 1. The number of benzene rings is 2. The highest BCUT2D eigenvalue weighted by Gasteiger charge is 2.24. The molecule has 2 atom stereocenters. The van der Waals surface area contributed by atoms with Gasteiger partial charge in [0.25, 0.3) is 0 Å². The van der Waals surface area contributed by atoms with Crippen molar-refractivity contribution in [2.75, 3.05) is 12.4 Å². The van der Waals surface area contributed by atoms with Gasteiger partial charge in [0.15, 0.2) is 0 Å². The zero-order valence-electron chi connectivity index (χ0n) is 16.9. The van der Waals surface area contributed by atoms with E-state index in [0.29, 0.717) is 22.1 Å². The van der Waals surface area contributed by atoms with Crippen LogP contribution in [0.15, 0.2) is 53.4 Å². The Morgan fingerprint density at radius 3 is 2.63 bits per heavy atom. The second-order valence-corrected chi connectivity index (χ2v) is 8.24. The number of ether oxygens (including phenoxy) is 1. The van der Waals surface area contributed by atoms with Crippen molar-refractivity contribution in [1.82, 2.24) is 14.7 Å². The topological polar surface area (TPSA) is 93.2 Å². The molecule has 0 aliphatic rings. The van der Waals surface area contributed by atoms with Gasteiger partial charge in [0.05, 0.1) is 24.1 Å². The summed E-state index contributed by atoms with van der Waals surface area (Å²) in [6, 6.07) is 12.4. The number of hydrogen-bond acceptors (Lipinski definition) is 6. The van der Waals surface area contributed by atoms with Crippen LogP contribution in [0.4, 0.5) is 10.2 Å². The summed E-state index contributed by atoms with van der Waals surface area (Å²) in [6.45, 7) is 3.90. The first kappa shape index (κ1) is 21.8. The lowest BCUT2D eigenvalue weighted by Crippen LogP contribution is -2.36. The third-order valence-corrected chi connectivity index (χ3v) is 5.52. The van der Waals surface area contributed by atoms with E-state index in [9.17, 15) is 13.4 Å². The van der Waals surface area contributed by atoms with Gasteiger partial charge in [-0.05, 0) is 36.2 Å². The zero-order chi connectivity index (χ0) is 21.7. The van der Waals surface area contributed by atoms with E-state index in [4.69, 9.17) is 4.74 Å². The maximum atomic E-state index is 13.4. The molecule has 3 rings (SSSR count). The van der Waals surface area contributed by atoms with E-state index in [2.05, 4.69) is 20.0 Å². The third-order valence-electron chi connectivity index (χ3n) is 4.44. The number of hydrogen-bond donors (Lipinski definition) is 2. The first-order chi connectivity index (χ1) is 14.4. The maximum Gasteiger partial charge on any atom is 0.328 e. The lowest BCUT2D eigenvalue weighted by atomic mass is 10.0. The lowest BCUT2D eigenvalue weighted by molar-refractivity contribution is -0.142. The first-order valence-electron chi connectivity index (χ1n) is 9.40. The molecule has 0 bridgehead atoms. The molecule has 2 aromatic carbocycles. The van der Waals surface area contributed by atoms with Crippen LogP contribution in [0.3, 0.4) is 0 Å². The number of halogens is 1. The summed E-state index contributed by atoms with van der Waals surface area (Å²) in [4.78, 5) is 21.5. The minimum absolute atomic E-state index is 0.0340. The number of carbonyl (C=O) groups excluding carboxylic acids is 1. The molecule has 0 radical (unpaired) electrons. The Morgan fingerprint density at radius 1 is 1.17 bits per heavy atom. The number of para-hydroxylation sites is 1. The van der Waals surface area contributed by atoms with Gasteiger partial charge in [-0.3, -0.25) is 0 Å². The largest absolute Gasteiger partial charge is 0.467 e. The summed E-state index contributed by atoms with van der Waals surface area (Å²) in [5.41, 5.74) is 0.677. The molecule has 0 aliphatic carbocycles. The molecule has 7 nitrogen and oxygen atoms in total. The van der Waals surface area contributed by atoms with Crippen LogP contribution < -0.4 is 10.0 Å². The molecule has 0 aliphatic heterocycles. The molecule has 30 heavy (non-hydrogen) atoms. The van der Waals surface area contributed by atoms with Crippen LogP contribution in [0.1, 0.15) is 19.7 Å². The summed E-state index contributed by atoms with van der Waals surface area (Å²) in [5.74, 6) is -0.0159. The van der Waals surface area contributed by atoms with E-state index >= 15 is 0 Å². The Balaban J connectivity index is 1.87. The fourth-order valence-electron chi connectivity index (χ4n) is 2.88. The zero-order valence-corrected chi connectivity index (χ0v) is 17.7. The predicted octanol–water partition coefficient (Wildman–Crippen LogP) is 3.19. The number of nitrogens with zero attached hydrogens (tertiary/aromatic N) is 2. The fraction of sp³-hybridized carbons (Fsp3) is 0.286. The van der Waals surface area contributed by atoms with Gasteiger partial charge >= 0.3 is 5.97 Å². The molecule has 0 saturated heterocycles. The van der Waals surface area contributed by atoms with E-state index < -0.39 is 22.8 Å². The summed E-state index contributed by atoms with van der Waals surface area (Å²) in [6.07, 6.45) is 0. The Kier molecular flexibility index (Phi) is 7.07. The molecule has 0 spiro atoms. The number of nitrogens with one attached hydrogen (secondary N) is 2. The van der Waals surface area contributed by atoms with Crippen molar-refractivity contribution in [2.45, 2.75) is 31.3 Å². The molecule has 1 aromatic heterocycles. The van der Waals surface area contributed by atoms with E-state index in [1.807, 2.05) is 38.1 Å². The van der Waals surface area contributed by atoms with Crippen molar-refractivity contribution >= 4 is 33.7 Å². The van der Waals surface area contributed by atoms with Crippen molar-refractivity contribution in [2.24, 2.45) is 5.92 Å². The minimum atomic E-state index is -1.63. The number of methoxy groups -OCH3 is 1. The lowest BCUT2D eigenvalue weighted by Gasteiger charge is -2.21. The highest BCUT2D eigenvalue weighted by atomic mass is 32.2. The van der Waals surface area contributed by atoms with Crippen LogP contribution in [-0.4, -0.2) is 33.3 Å². The van der Waals surface area contributed by atoms with Gasteiger partial charge in [-0.25, -0.2) is 28.1 Å². The average molecular weight is 431 g/mol. The molecule has 1 unspecified atom stereocenters. The maximum absolute atomic E-state index is 13.4. The molecule has 0 saturated carbocycles. The SMILES string of the molecule is COC(=O)[C@@H](Nc1nc(CNS(=O)c2cccc(F)c2)nc2ccccc12)C(C)C. The smallest absolute Gasteiger partial charge is 0.328 e. The molecule has 0 amide bonds. The van der Waals surface area contributed by atoms with Gasteiger partial charge in [-0.1, -0.05) is 32.0 Å². The number of fused-ring (bicyclic) bond motifs is 1. The minimum Gasteiger partial charge on any atom is -0.467 e. The highest BCUT2D eigenvalue weighted by Crippen LogP contribution is 2.22. The second-order valence-electron chi connectivity index (χ2n) is 6.94. The normalized spacial score (nSPS) is 13.2. The van der Waals surface area contributed by atoms with Crippen molar-refractivity contribution in [3.05, 3.63) is 60.2 Å². The number of carbonyl (C=O) groups is 1. The van der Waals surface area contributed by atoms with Crippen LogP contribution in [0.5, 0.6) is 0 Å². The van der Waals surface area contributed by atoms with Gasteiger partial charge in [-0.15, -0.1) is 0 Å². The highest BCUT2D eigenvalue weighted by molar-refractivity contribution is 7.83. The monoisotopic (exact) mass is 430 g/mol. The number of rotatable bonds is 8. The standard InChI is InChI=1S/C21H23FN4O3S/c1-13(2)19(21(27)29-3)26-20-16-9-4-5-10-17(16)24-18(25-20)12-23-30(28)15-8-6-7-14(22)11-15/h4-11,13,19,23H,12H2,1-3H3,(H,24,25,26)/t19-,30?/m0/s1. The third kappa shape index (κ3) is 5.17. The van der Waals surface area contributed by atoms with Crippen LogP contribution in [0, 0.1) is 11.7 Å². The number of aromatic nitrogens is 2. The van der Waals surface area contributed by atoms with Gasteiger partial charge < -0.3 is 10.1 Å². The quantitative estimate of drug-likeness (QED) is 0.533. The molecule has 158 valence electrons. The van der Waals surface area contributed by atoms with E-state index in [1.165, 1.54) is 25.3 Å². The van der Waals surface area contributed by atoms with Gasteiger partial charge in [0.1, 0.15) is 34.5 Å². The second kappa shape index (κ2) is 9.73. The van der Waals surface area contributed by atoms with Crippen molar-refractivity contribution in [3.63, 3.8) is 0 Å². The van der Waals surface area contributed by atoms with Crippen LogP contribution in [-0.2, 0) is 27.1 Å². The molecular formula is C21H23FN4O3S. The summed E-state index contributed by atoms with van der Waals surface area (Å²) in [5, 5.41) is 3.91.